The van der Waals surface area contributed by atoms with Crippen molar-refractivity contribution in [3.05, 3.63) is 27.7 Å². The highest BCUT2D eigenvalue weighted by atomic mass is 35.5. The highest BCUT2D eigenvalue weighted by Crippen LogP contribution is 2.11. The smallest absolute Gasteiger partial charge is 0.228 e. The molecule has 0 spiro atoms. The lowest BCUT2D eigenvalue weighted by Crippen LogP contribution is -2.11. The van der Waals surface area contributed by atoms with Gasteiger partial charge in [0.05, 0.1) is 0 Å². The summed E-state index contributed by atoms with van der Waals surface area (Å²) in [4.78, 5) is 13.7. The Morgan fingerprint density at radius 3 is 2.53 bits per heavy atom. The van der Waals surface area contributed by atoms with Crippen LogP contribution in [0.5, 0.6) is 0 Å². The first-order valence-electron chi connectivity index (χ1n) is 6.19. The van der Waals surface area contributed by atoms with Crippen molar-refractivity contribution in [3.63, 3.8) is 0 Å². The number of aromatic nitrogens is 3. The van der Waals surface area contributed by atoms with Crippen LogP contribution < -0.4 is 10.6 Å². The maximum atomic E-state index is 5.87. The number of anilines is 2. The topological polar surface area (TPSA) is 62.7 Å². The van der Waals surface area contributed by atoms with Crippen molar-refractivity contribution in [2.75, 3.05) is 23.7 Å². The predicted octanol–water partition coefficient (Wildman–Crippen LogP) is 3.06. The Balaban J connectivity index is 1.90. The molecule has 0 unspecified atom stereocenters. The highest BCUT2D eigenvalue weighted by Gasteiger charge is 2.04. The molecule has 0 aliphatic heterocycles. The standard InChI is InChI=1S/C12H16ClN5S/c1-2-6-14-11-16-10(13)17-12(18-11)15-7-5-9-4-3-8-19-9/h3-4,8H,2,5-7H2,1H3,(H2,14,15,16,17,18). The number of thiophene rings is 1. The van der Waals surface area contributed by atoms with Crippen LogP contribution in [0.25, 0.3) is 0 Å². The molecule has 0 amide bonds. The van der Waals surface area contributed by atoms with Crippen molar-refractivity contribution < 1.29 is 0 Å². The molecule has 2 N–H and O–H groups in total. The molecule has 0 saturated heterocycles. The van der Waals surface area contributed by atoms with E-state index in [9.17, 15) is 0 Å². The van der Waals surface area contributed by atoms with E-state index in [-0.39, 0.29) is 5.28 Å². The van der Waals surface area contributed by atoms with Gasteiger partial charge in [-0.15, -0.1) is 11.3 Å². The number of hydrogen-bond donors (Lipinski definition) is 2. The van der Waals surface area contributed by atoms with E-state index in [2.05, 4.69) is 44.0 Å². The van der Waals surface area contributed by atoms with Gasteiger partial charge in [-0.05, 0) is 35.9 Å². The van der Waals surface area contributed by atoms with E-state index in [4.69, 9.17) is 11.6 Å². The Morgan fingerprint density at radius 2 is 1.89 bits per heavy atom. The van der Waals surface area contributed by atoms with Gasteiger partial charge in [0.25, 0.3) is 0 Å². The highest BCUT2D eigenvalue weighted by molar-refractivity contribution is 7.09. The molecular weight excluding hydrogens is 282 g/mol. The molecule has 102 valence electrons. The molecule has 0 aliphatic rings. The first-order chi connectivity index (χ1) is 9.28. The van der Waals surface area contributed by atoms with Crippen molar-refractivity contribution in [3.8, 4) is 0 Å². The summed E-state index contributed by atoms with van der Waals surface area (Å²) in [6.45, 7) is 3.67. The maximum absolute atomic E-state index is 5.87. The number of rotatable bonds is 7. The van der Waals surface area contributed by atoms with Crippen LogP contribution in [0.3, 0.4) is 0 Å². The molecule has 7 heteroatoms. The third kappa shape index (κ3) is 4.65. The lowest BCUT2D eigenvalue weighted by Gasteiger charge is -2.07. The average Bonchev–Trinajstić information content (AvgIpc) is 2.89. The van der Waals surface area contributed by atoms with Crippen LogP contribution in [0.15, 0.2) is 17.5 Å². The average molecular weight is 298 g/mol. The van der Waals surface area contributed by atoms with Gasteiger partial charge in [0.15, 0.2) is 0 Å². The second-order valence-corrected chi connectivity index (χ2v) is 5.30. The summed E-state index contributed by atoms with van der Waals surface area (Å²) in [5.41, 5.74) is 0. The van der Waals surface area contributed by atoms with Crippen molar-refractivity contribution in [1.82, 2.24) is 15.0 Å². The van der Waals surface area contributed by atoms with E-state index in [1.54, 1.807) is 11.3 Å². The minimum absolute atomic E-state index is 0.201. The van der Waals surface area contributed by atoms with Crippen LogP contribution in [-0.4, -0.2) is 28.0 Å². The summed E-state index contributed by atoms with van der Waals surface area (Å²) in [5.74, 6) is 1.02. The van der Waals surface area contributed by atoms with Gasteiger partial charge in [0, 0.05) is 18.0 Å². The SMILES string of the molecule is CCCNc1nc(Cl)nc(NCCc2cccs2)n1. The lowest BCUT2D eigenvalue weighted by atomic mass is 10.3. The Hall–Kier alpha value is -1.40. The fraction of sp³-hybridized carbons (Fsp3) is 0.417. The zero-order chi connectivity index (χ0) is 13.5. The van der Waals surface area contributed by atoms with Gasteiger partial charge < -0.3 is 10.6 Å². The lowest BCUT2D eigenvalue weighted by molar-refractivity contribution is 0.928. The van der Waals surface area contributed by atoms with Gasteiger partial charge in [0.1, 0.15) is 0 Å². The Bertz CT molecular complexity index is 503. The molecule has 2 heterocycles. The molecule has 0 fully saturated rings. The van der Waals surface area contributed by atoms with E-state index in [0.29, 0.717) is 11.9 Å². The molecule has 2 aromatic rings. The molecule has 0 aliphatic carbocycles. The van der Waals surface area contributed by atoms with E-state index < -0.39 is 0 Å². The Kier molecular flexibility index (Phi) is 5.35. The van der Waals surface area contributed by atoms with E-state index >= 15 is 0 Å². The van der Waals surface area contributed by atoms with E-state index in [1.807, 2.05) is 6.07 Å². The monoisotopic (exact) mass is 297 g/mol. The van der Waals surface area contributed by atoms with Crippen LogP contribution in [0.1, 0.15) is 18.2 Å². The molecule has 2 rings (SSSR count). The Morgan fingerprint density at radius 1 is 1.16 bits per heavy atom. The molecule has 0 aromatic carbocycles. The van der Waals surface area contributed by atoms with Gasteiger partial charge in [0.2, 0.25) is 17.2 Å². The van der Waals surface area contributed by atoms with Gasteiger partial charge in [-0.2, -0.15) is 15.0 Å². The zero-order valence-electron chi connectivity index (χ0n) is 10.7. The van der Waals surface area contributed by atoms with Crippen LogP contribution in [-0.2, 0) is 6.42 Å². The molecule has 0 bridgehead atoms. The first-order valence-corrected chi connectivity index (χ1v) is 7.45. The summed E-state index contributed by atoms with van der Waals surface area (Å²) in [6, 6.07) is 4.16. The largest absolute Gasteiger partial charge is 0.354 e. The summed E-state index contributed by atoms with van der Waals surface area (Å²) < 4.78 is 0. The second kappa shape index (κ2) is 7.25. The van der Waals surface area contributed by atoms with Crippen molar-refractivity contribution in [2.24, 2.45) is 0 Å². The number of hydrogen-bond acceptors (Lipinski definition) is 6. The molecular formula is C12H16ClN5S. The molecule has 0 radical (unpaired) electrons. The third-order valence-corrected chi connectivity index (χ3v) is 3.48. The fourth-order valence-corrected chi connectivity index (χ4v) is 2.37. The van der Waals surface area contributed by atoms with Gasteiger partial charge in [-0.25, -0.2) is 0 Å². The van der Waals surface area contributed by atoms with Gasteiger partial charge >= 0.3 is 0 Å². The number of nitrogens with one attached hydrogen (secondary N) is 2. The molecule has 2 aromatic heterocycles. The quantitative estimate of drug-likeness (QED) is 0.822. The molecule has 5 nitrogen and oxygen atoms in total. The van der Waals surface area contributed by atoms with Crippen molar-refractivity contribution >= 4 is 34.8 Å². The molecule has 19 heavy (non-hydrogen) atoms. The van der Waals surface area contributed by atoms with Crippen LogP contribution >= 0.6 is 22.9 Å². The van der Waals surface area contributed by atoms with Crippen molar-refractivity contribution in [1.29, 1.82) is 0 Å². The number of nitrogens with zero attached hydrogens (tertiary/aromatic N) is 3. The van der Waals surface area contributed by atoms with Crippen LogP contribution in [0.4, 0.5) is 11.9 Å². The minimum atomic E-state index is 0.201. The summed E-state index contributed by atoms with van der Waals surface area (Å²) in [7, 11) is 0. The number of halogens is 1. The minimum Gasteiger partial charge on any atom is -0.354 e. The zero-order valence-corrected chi connectivity index (χ0v) is 12.3. The molecule has 0 atom stereocenters. The first kappa shape index (κ1) is 14.0. The third-order valence-electron chi connectivity index (χ3n) is 2.38. The van der Waals surface area contributed by atoms with E-state index in [1.165, 1.54) is 4.88 Å². The Labute approximate surface area is 121 Å². The van der Waals surface area contributed by atoms with Gasteiger partial charge in [-0.3, -0.25) is 0 Å². The summed E-state index contributed by atoms with van der Waals surface area (Å²) >= 11 is 7.61. The van der Waals surface area contributed by atoms with Crippen molar-refractivity contribution in [2.45, 2.75) is 19.8 Å². The van der Waals surface area contributed by atoms with Crippen LogP contribution in [0.2, 0.25) is 5.28 Å². The summed E-state index contributed by atoms with van der Waals surface area (Å²) in [5, 5.41) is 8.53. The van der Waals surface area contributed by atoms with Crippen LogP contribution in [0, 0.1) is 0 Å². The summed E-state index contributed by atoms with van der Waals surface area (Å²) in [6.07, 6.45) is 1.95. The fourth-order valence-electron chi connectivity index (χ4n) is 1.50. The molecule has 0 saturated carbocycles. The maximum Gasteiger partial charge on any atom is 0.228 e. The second-order valence-electron chi connectivity index (χ2n) is 3.93. The van der Waals surface area contributed by atoms with Gasteiger partial charge in [-0.1, -0.05) is 13.0 Å². The predicted molar refractivity (Wildman–Crippen MR) is 80.1 cm³/mol. The van der Waals surface area contributed by atoms with E-state index in [0.717, 1.165) is 25.9 Å². The normalized spacial score (nSPS) is 10.4.